The van der Waals surface area contributed by atoms with Crippen LogP contribution in [0.25, 0.3) is 15.7 Å². The van der Waals surface area contributed by atoms with E-state index < -0.39 is 0 Å². The first-order valence-electron chi connectivity index (χ1n) is 4.27. The molecule has 3 heteroatoms. The summed E-state index contributed by atoms with van der Waals surface area (Å²) in [4.78, 5) is 3.14. The molecule has 2 aromatic carbocycles. The Morgan fingerprint density at radius 2 is 2.07 bits per heavy atom. The van der Waals surface area contributed by atoms with E-state index in [2.05, 4.69) is 4.98 Å². The third kappa shape index (κ3) is 1.27. The van der Waals surface area contributed by atoms with Crippen LogP contribution >= 0.6 is 0 Å². The van der Waals surface area contributed by atoms with Crippen LogP contribution < -0.4 is 4.74 Å². The van der Waals surface area contributed by atoms with Gasteiger partial charge in [-0.2, -0.15) is 0 Å². The molecule has 0 aromatic heterocycles. The highest BCUT2D eigenvalue weighted by molar-refractivity contribution is 5.91. The minimum Gasteiger partial charge on any atom is -0.496 e. The molecule has 0 saturated heterocycles. The minimum atomic E-state index is 0.530. The maximum atomic E-state index is 8.64. The number of nitrogens with zero attached hydrogens (tertiary/aromatic N) is 2. The second-order valence-electron chi connectivity index (χ2n) is 2.97. The van der Waals surface area contributed by atoms with Crippen molar-refractivity contribution in [1.29, 1.82) is 5.39 Å². The number of fused-ring (bicyclic) bond motifs is 1. The average Bonchev–Trinajstić information content (AvgIpc) is 2.27. The standard InChI is InChI=1S/C11H9N2O/c1-14-11-4-2-3-8-5-6-9(13-12)7-10(8)11/h2-7H,1H3/q+1. The molecule has 0 radical (unpaired) electrons. The summed E-state index contributed by atoms with van der Waals surface area (Å²) >= 11 is 0. The van der Waals surface area contributed by atoms with Crippen LogP contribution in [-0.2, 0) is 0 Å². The van der Waals surface area contributed by atoms with E-state index in [1.54, 1.807) is 19.2 Å². The van der Waals surface area contributed by atoms with Gasteiger partial charge in [-0.25, -0.2) is 0 Å². The Kier molecular flexibility index (Phi) is 2.04. The molecule has 0 atom stereocenters. The molecule has 0 saturated carbocycles. The minimum absolute atomic E-state index is 0.530. The van der Waals surface area contributed by atoms with Gasteiger partial charge in [0, 0.05) is 17.5 Å². The molecule has 0 spiro atoms. The van der Waals surface area contributed by atoms with Crippen LogP contribution in [0.4, 0.5) is 5.69 Å². The van der Waals surface area contributed by atoms with Crippen molar-refractivity contribution in [3.05, 3.63) is 41.4 Å². The summed E-state index contributed by atoms with van der Waals surface area (Å²) in [5.41, 5.74) is 0.530. The molecule has 68 valence electrons. The van der Waals surface area contributed by atoms with Gasteiger partial charge in [0.05, 0.1) is 7.11 Å². The van der Waals surface area contributed by atoms with E-state index in [1.807, 2.05) is 24.3 Å². The first kappa shape index (κ1) is 8.52. The summed E-state index contributed by atoms with van der Waals surface area (Å²) < 4.78 is 5.20. The van der Waals surface area contributed by atoms with Crippen molar-refractivity contribution in [3.8, 4) is 5.75 Å². The number of methoxy groups -OCH3 is 1. The smallest absolute Gasteiger partial charge is 0.385 e. The van der Waals surface area contributed by atoms with E-state index in [-0.39, 0.29) is 0 Å². The second kappa shape index (κ2) is 3.35. The van der Waals surface area contributed by atoms with Crippen molar-refractivity contribution < 1.29 is 4.74 Å². The van der Waals surface area contributed by atoms with Crippen molar-refractivity contribution in [2.24, 2.45) is 0 Å². The van der Waals surface area contributed by atoms with Crippen LogP contribution in [0.1, 0.15) is 0 Å². The Balaban J connectivity index is 2.78. The van der Waals surface area contributed by atoms with E-state index in [1.165, 1.54) is 0 Å². The molecule has 0 unspecified atom stereocenters. The van der Waals surface area contributed by atoms with E-state index >= 15 is 0 Å². The highest BCUT2D eigenvalue weighted by atomic mass is 16.5. The number of benzene rings is 2. The number of diazo groups is 1. The molecule has 14 heavy (non-hydrogen) atoms. The van der Waals surface area contributed by atoms with Crippen LogP contribution in [0.15, 0.2) is 36.4 Å². The van der Waals surface area contributed by atoms with Gasteiger partial charge < -0.3 is 4.74 Å². The first-order valence-corrected chi connectivity index (χ1v) is 4.27. The molecule has 0 aliphatic rings. The average molecular weight is 185 g/mol. The van der Waals surface area contributed by atoms with E-state index in [0.29, 0.717) is 5.69 Å². The van der Waals surface area contributed by atoms with E-state index in [0.717, 1.165) is 16.5 Å². The summed E-state index contributed by atoms with van der Waals surface area (Å²) in [6, 6.07) is 11.2. The number of rotatable bonds is 1. The Morgan fingerprint density at radius 3 is 2.79 bits per heavy atom. The van der Waals surface area contributed by atoms with Crippen molar-refractivity contribution in [2.75, 3.05) is 7.11 Å². The Morgan fingerprint density at radius 1 is 1.21 bits per heavy atom. The van der Waals surface area contributed by atoms with Crippen LogP contribution in [0.3, 0.4) is 0 Å². The Bertz CT molecular complexity index is 514. The summed E-state index contributed by atoms with van der Waals surface area (Å²) in [6.07, 6.45) is 0. The fraction of sp³-hybridized carbons (Fsp3) is 0.0909. The van der Waals surface area contributed by atoms with Crippen LogP contribution in [0.2, 0.25) is 0 Å². The SMILES string of the molecule is COc1cccc2ccc([N+]#N)cc12. The largest absolute Gasteiger partial charge is 0.496 e. The summed E-state index contributed by atoms with van der Waals surface area (Å²) in [5.74, 6) is 0.785. The molecule has 0 N–H and O–H groups in total. The molecular weight excluding hydrogens is 176 g/mol. The maximum absolute atomic E-state index is 8.64. The molecule has 0 amide bonds. The summed E-state index contributed by atoms with van der Waals surface area (Å²) in [7, 11) is 1.62. The molecule has 3 nitrogen and oxygen atoms in total. The molecule has 0 heterocycles. The fourth-order valence-corrected chi connectivity index (χ4v) is 1.47. The van der Waals surface area contributed by atoms with Gasteiger partial charge in [0.25, 0.3) is 0 Å². The number of hydrogen-bond donors (Lipinski definition) is 0. The highest BCUT2D eigenvalue weighted by Gasteiger charge is 2.07. The normalized spacial score (nSPS) is 9.71. The maximum Gasteiger partial charge on any atom is 0.385 e. The van der Waals surface area contributed by atoms with Gasteiger partial charge in [-0.15, -0.1) is 0 Å². The van der Waals surface area contributed by atoms with Gasteiger partial charge in [-0.05, 0) is 17.5 Å². The van der Waals surface area contributed by atoms with E-state index in [4.69, 9.17) is 10.1 Å². The van der Waals surface area contributed by atoms with Crippen molar-refractivity contribution in [2.45, 2.75) is 0 Å². The lowest BCUT2D eigenvalue weighted by atomic mass is 10.1. The van der Waals surface area contributed by atoms with Gasteiger partial charge in [0.2, 0.25) is 5.39 Å². The zero-order chi connectivity index (χ0) is 9.97. The highest BCUT2D eigenvalue weighted by Crippen LogP contribution is 2.28. The third-order valence-corrected chi connectivity index (χ3v) is 2.16. The fourth-order valence-electron chi connectivity index (χ4n) is 1.47. The predicted octanol–water partition coefficient (Wildman–Crippen LogP) is 3.33. The Labute approximate surface area is 81.6 Å². The van der Waals surface area contributed by atoms with Crippen molar-refractivity contribution in [3.63, 3.8) is 0 Å². The zero-order valence-corrected chi connectivity index (χ0v) is 7.77. The van der Waals surface area contributed by atoms with Gasteiger partial charge in [0.1, 0.15) is 5.75 Å². The number of hydrogen-bond acceptors (Lipinski definition) is 2. The topological polar surface area (TPSA) is 37.4 Å². The summed E-state index contributed by atoms with van der Waals surface area (Å²) in [5, 5.41) is 10.7. The molecule has 2 aromatic rings. The monoisotopic (exact) mass is 185 g/mol. The molecular formula is C11H9N2O+. The van der Waals surface area contributed by atoms with Crippen LogP contribution in [0.5, 0.6) is 5.75 Å². The lowest BCUT2D eigenvalue weighted by molar-refractivity contribution is 0.420. The first-order chi connectivity index (χ1) is 6.85. The van der Waals surface area contributed by atoms with Gasteiger partial charge in [-0.1, -0.05) is 12.1 Å². The summed E-state index contributed by atoms with van der Waals surface area (Å²) in [6.45, 7) is 0. The quantitative estimate of drug-likeness (QED) is 0.639. The van der Waals surface area contributed by atoms with E-state index in [9.17, 15) is 0 Å². The molecule has 0 aliphatic heterocycles. The molecule has 0 fully saturated rings. The van der Waals surface area contributed by atoms with Gasteiger partial charge in [-0.3, -0.25) is 0 Å². The second-order valence-corrected chi connectivity index (χ2v) is 2.97. The van der Waals surface area contributed by atoms with Gasteiger partial charge >= 0.3 is 5.69 Å². The van der Waals surface area contributed by atoms with Crippen molar-refractivity contribution >= 4 is 16.5 Å². The Hall–Kier alpha value is -2.08. The lowest BCUT2D eigenvalue weighted by Crippen LogP contribution is -1.83. The van der Waals surface area contributed by atoms with Crippen LogP contribution in [-0.4, -0.2) is 7.11 Å². The zero-order valence-electron chi connectivity index (χ0n) is 7.77. The number of ether oxygens (including phenoxy) is 1. The molecule has 2 rings (SSSR count). The van der Waals surface area contributed by atoms with Gasteiger partial charge in [0.15, 0.2) is 4.98 Å². The predicted molar refractivity (Wildman–Crippen MR) is 55.2 cm³/mol. The third-order valence-electron chi connectivity index (χ3n) is 2.16. The molecule has 0 aliphatic carbocycles. The van der Waals surface area contributed by atoms with Crippen molar-refractivity contribution in [1.82, 2.24) is 0 Å². The van der Waals surface area contributed by atoms with Crippen LogP contribution in [0, 0.1) is 5.39 Å². The lowest BCUT2D eigenvalue weighted by Gasteiger charge is -2.02. The molecule has 0 bridgehead atoms.